The molecule has 0 aliphatic heterocycles. The van der Waals surface area contributed by atoms with Gasteiger partial charge in [-0.05, 0) is 50.6 Å². The van der Waals surface area contributed by atoms with Crippen molar-refractivity contribution in [3.63, 3.8) is 0 Å². The first-order valence-electron chi connectivity index (χ1n) is 6.88. The van der Waals surface area contributed by atoms with E-state index in [-0.39, 0.29) is 5.28 Å². The van der Waals surface area contributed by atoms with Gasteiger partial charge in [0, 0.05) is 11.4 Å². The third-order valence-corrected chi connectivity index (χ3v) is 2.74. The van der Waals surface area contributed by atoms with Crippen LogP contribution in [0.1, 0.15) is 20.8 Å². The fourth-order valence-electron chi connectivity index (χ4n) is 1.70. The van der Waals surface area contributed by atoms with Crippen molar-refractivity contribution in [1.29, 1.82) is 0 Å². The summed E-state index contributed by atoms with van der Waals surface area (Å²) in [6, 6.07) is 7.04. The van der Waals surface area contributed by atoms with E-state index in [0.717, 1.165) is 0 Å². The predicted octanol–water partition coefficient (Wildman–Crippen LogP) is 3.80. The second kappa shape index (κ2) is 6.70. The summed E-state index contributed by atoms with van der Waals surface area (Å²) in [5, 5.41) is 5.77. The number of nitrogen functional groups attached to an aromatic ring is 1. The number of carbonyl (C=O) groups excluding carboxylic acids is 1. The summed E-state index contributed by atoms with van der Waals surface area (Å²) in [4.78, 5) is 19.6. The highest BCUT2D eigenvalue weighted by Crippen LogP contribution is 2.23. The Morgan fingerprint density at radius 3 is 2.70 bits per heavy atom. The molecule has 0 aliphatic rings. The second-order valence-corrected chi connectivity index (χ2v) is 6.11. The normalized spacial score (nSPS) is 11.0. The Morgan fingerprint density at radius 1 is 1.30 bits per heavy atom. The summed E-state index contributed by atoms with van der Waals surface area (Å²) < 4.78 is 5.21. The van der Waals surface area contributed by atoms with Crippen molar-refractivity contribution < 1.29 is 9.53 Å². The number of nitrogens with one attached hydrogen (secondary N) is 2. The first-order chi connectivity index (χ1) is 10.7. The number of ether oxygens (including phenoxy) is 1. The third kappa shape index (κ3) is 5.30. The van der Waals surface area contributed by atoms with Crippen LogP contribution in [0.5, 0.6) is 0 Å². The van der Waals surface area contributed by atoms with E-state index in [1.807, 2.05) is 0 Å². The first kappa shape index (κ1) is 16.8. The number of amides is 1. The summed E-state index contributed by atoms with van der Waals surface area (Å²) in [5.74, 6) is 0.388. The van der Waals surface area contributed by atoms with Crippen LogP contribution in [0.3, 0.4) is 0 Å². The highest BCUT2D eigenvalue weighted by Gasteiger charge is 2.16. The van der Waals surface area contributed by atoms with Crippen LogP contribution in [0.15, 0.2) is 30.5 Å². The van der Waals surface area contributed by atoms with Crippen LogP contribution in [-0.2, 0) is 4.74 Å². The molecule has 8 heteroatoms. The Labute approximate surface area is 139 Å². The molecule has 1 amide bonds. The Kier molecular flexibility index (Phi) is 4.90. The van der Waals surface area contributed by atoms with E-state index in [4.69, 9.17) is 22.1 Å². The zero-order valence-electron chi connectivity index (χ0n) is 13.1. The van der Waals surface area contributed by atoms with Gasteiger partial charge in [-0.3, -0.25) is 5.32 Å². The van der Waals surface area contributed by atoms with Crippen LogP contribution in [0.4, 0.5) is 27.7 Å². The number of carbonyl (C=O) groups is 1. The van der Waals surface area contributed by atoms with Crippen LogP contribution in [0.2, 0.25) is 5.28 Å². The molecule has 0 fully saturated rings. The molecule has 0 bridgehead atoms. The van der Waals surface area contributed by atoms with Crippen molar-refractivity contribution in [2.45, 2.75) is 26.4 Å². The van der Waals surface area contributed by atoms with Gasteiger partial charge in [-0.15, -0.1) is 0 Å². The van der Waals surface area contributed by atoms with Crippen molar-refractivity contribution in [2.24, 2.45) is 0 Å². The lowest BCUT2D eigenvalue weighted by molar-refractivity contribution is 0.0636. The summed E-state index contributed by atoms with van der Waals surface area (Å²) in [6.45, 7) is 5.39. The molecule has 1 aromatic heterocycles. The van der Waals surface area contributed by atoms with Gasteiger partial charge in [0.2, 0.25) is 5.28 Å². The first-order valence-corrected chi connectivity index (χ1v) is 7.26. The average Bonchev–Trinajstić information content (AvgIpc) is 2.41. The topological polar surface area (TPSA) is 102 Å². The smallest absolute Gasteiger partial charge is 0.412 e. The Morgan fingerprint density at radius 2 is 2.00 bits per heavy atom. The molecular weight excluding hydrogens is 318 g/mol. The summed E-state index contributed by atoms with van der Waals surface area (Å²) in [5.41, 5.74) is 6.84. The molecule has 0 aliphatic carbocycles. The van der Waals surface area contributed by atoms with Gasteiger partial charge in [0.1, 0.15) is 5.60 Å². The fraction of sp³-hybridized carbons (Fsp3) is 0.267. The van der Waals surface area contributed by atoms with E-state index < -0.39 is 11.7 Å². The van der Waals surface area contributed by atoms with Crippen molar-refractivity contribution in [3.05, 3.63) is 35.7 Å². The minimum Gasteiger partial charge on any atom is -0.444 e. The highest BCUT2D eigenvalue weighted by molar-refractivity contribution is 6.28. The molecule has 0 saturated carbocycles. The van der Waals surface area contributed by atoms with Crippen molar-refractivity contribution >= 4 is 40.6 Å². The van der Waals surface area contributed by atoms with Crippen molar-refractivity contribution in [1.82, 2.24) is 9.97 Å². The monoisotopic (exact) mass is 335 g/mol. The van der Waals surface area contributed by atoms with Gasteiger partial charge in [-0.2, -0.15) is 4.98 Å². The Balaban J connectivity index is 2.11. The van der Waals surface area contributed by atoms with E-state index in [9.17, 15) is 4.79 Å². The molecule has 7 nitrogen and oxygen atoms in total. The molecule has 4 N–H and O–H groups in total. The number of rotatable bonds is 3. The van der Waals surface area contributed by atoms with Gasteiger partial charge in [-0.25, -0.2) is 9.78 Å². The average molecular weight is 336 g/mol. The minimum absolute atomic E-state index is 0.0877. The zero-order valence-corrected chi connectivity index (χ0v) is 13.8. The highest BCUT2D eigenvalue weighted by atomic mass is 35.5. The molecule has 0 spiro atoms. The largest absolute Gasteiger partial charge is 0.444 e. The molecule has 23 heavy (non-hydrogen) atoms. The Hall–Kier alpha value is -2.54. The lowest BCUT2D eigenvalue weighted by atomic mass is 10.2. The van der Waals surface area contributed by atoms with Gasteiger partial charge < -0.3 is 15.8 Å². The van der Waals surface area contributed by atoms with Gasteiger partial charge >= 0.3 is 6.09 Å². The maximum Gasteiger partial charge on any atom is 0.412 e. The quantitative estimate of drug-likeness (QED) is 0.737. The number of aromatic nitrogens is 2. The number of nitrogens with zero attached hydrogens (tertiary/aromatic N) is 2. The number of benzene rings is 1. The zero-order chi connectivity index (χ0) is 17.0. The van der Waals surface area contributed by atoms with Crippen LogP contribution >= 0.6 is 11.6 Å². The summed E-state index contributed by atoms with van der Waals surface area (Å²) in [6.07, 6.45) is 0.889. The molecule has 122 valence electrons. The summed E-state index contributed by atoms with van der Waals surface area (Å²) >= 11 is 5.75. The number of halogens is 1. The summed E-state index contributed by atoms with van der Waals surface area (Å²) in [7, 11) is 0. The van der Waals surface area contributed by atoms with Gasteiger partial charge in [0.15, 0.2) is 5.82 Å². The van der Waals surface area contributed by atoms with E-state index in [1.54, 1.807) is 45.0 Å². The molecule has 2 aromatic rings. The molecule has 0 atom stereocenters. The van der Waals surface area contributed by atoms with Gasteiger partial charge in [0.25, 0.3) is 0 Å². The van der Waals surface area contributed by atoms with Crippen molar-refractivity contribution in [2.75, 3.05) is 16.4 Å². The van der Waals surface area contributed by atoms with E-state index in [0.29, 0.717) is 22.9 Å². The number of hydrogen-bond donors (Lipinski definition) is 3. The standard InChI is InChI=1S/C15H18ClN5O2/c1-15(2,3)23-14(22)20-10-6-4-5-9(7-10)19-12-11(17)8-18-13(16)21-12/h4-8H,17H2,1-3H3,(H,20,22)(H,18,19,21). The lowest BCUT2D eigenvalue weighted by Gasteiger charge is -2.19. The predicted molar refractivity (Wildman–Crippen MR) is 91.0 cm³/mol. The van der Waals surface area contributed by atoms with Gasteiger partial charge in [0.05, 0.1) is 11.9 Å². The second-order valence-electron chi connectivity index (χ2n) is 5.78. The number of anilines is 4. The number of nitrogens with two attached hydrogens (primary N) is 1. The number of hydrogen-bond acceptors (Lipinski definition) is 6. The molecule has 1 aromatic carbocycles. The van der Waals surface area contributed by atoms with Crippen molar-refractivity contribution in [3.8, 4) is 0 Å². The maximum atomic E-state index is 11.8. The SMILES string of the molecule is CC(C)(C)OC(=O)Nc1cccc(Nc2nc(Cl)ncc2N)c1. The minimum atomic E-state index is -0.563. The van der Waals surface area contributed by atoms with E-state index in [2.05, 4.69) is 20.6 Å². The van der Waals surface area contributed by atoms with E-state index in [1.165, 1.54) is 6.20 Å². The lowest BCUT2D eigenvalue weighted by Crippen LogP contribution is -2.27. The third-order valence-electron chi connectivity index (χ3n) is 2.56. The molecular formula is C15H18ClN5O2. The van der Waals surface area contributed by atoms with Gasteiger partial charge in [-0.1, -0.05) is 6.07 Å². The fourth-order valence-corrected chi connectivity index (χ4v) is 1.84. The molecule has 2 rings (SSSR count). The molecule has 0 saturated heterocycles. The Bertz CT molecular complexity index is 715. The van der Waals surface area contributed by atoms with Crippen LogP contribution in [-0.4, -0.2) is 21.7 Å². The van der Waals surface area contributed by atoms with Crippen LogP contribution in [0, 0.1) is 0 Å². The molecule has 0 unspecified atom stereocenters. The molecule has 0 radical (unpaired) electrons. The maximum absolute atomic E-state index is 11.8. The van der Waals surface area contributed by atoms with Crippen LogP contribution in [0.25, 0.3) is 0 Å². The molecule has 1 heterocycles. The van der Waals surface area contributed by atoms with Crippen LogP contribution < -0.4 is 16.4 Å². The van der Waals surface area contributed by atoms with E-state index >= 15 is 0 Å².